The number of hydrogen-bond acceptors (Lipinski definition) is 4. The minimum atomic E-state index is 0.118. The molecule has 0 unspecified atom stereocenters. The lowest BCUT2D eigenvalue weighted by Crippen LogP contribution is -2.13. The monoisotopic (exact) mass is 318 g/mol. The Morgan fingerprint density at radius 3 is 2.54 bits per heavy atom. The lowest BCUT2D eigenvalue weighted by molar-refractivity contribution is -0.117. The highest BCUT2D eigenvalue weighted by molar-refractivity contribution is 5.94. The number of aromatic nitrogens is 2. The zero-order valence-corrected chi connectivity index (χ0v) is 13.4. The van der Waals surface area contributed by atoms with Gasteiger partial charge in [-0.15, -0.1) is 0 Å². The zero-order valence-electron chi connectivity index (χ0n) is 13.4. The molecule has 3 aromatic rings. The Morgan fingerprint density at radius 1 is 1.04 bits per heavy atom. The molecule has 1 saturated carbocycles. The molecule has 0 saturated heterocycles. The topological polar surface area (TPSA) is 66.9 Å². The second kappa shape index (κ2) is 5.92. The van der Waals surface area contributed by atoms with Gasteiger partial charge in [-0.3, -0.25) is 4.79 Å². The third-order valence-electron chi connectivity index (χ3n) is 4.15. The third-order valence-corrected chi connectivity index (χ3v) is 4.15. The van der Waals surface area contributed by atoms with Crippen molar-refractivity contribution in [3.63, 3.8) is 0 Å². The maximum Gasteiger partial charge on any atom is 0.227 e. The fourth-order valence-electron chi connectivity index (χ4n) is 2.63. The SMILES string of the molecule is Cc1ccc2ncnc(Nc3ccc(NC(=O)C4CC4)cc3)c2c1. The number of rotatable bonds is 4. The molecule has 0 atom stereocenters. The van der Waals surface area contributed by atoms with Crippen LogP contribution in [0.5, 0.6) is 0 Å². The van der Waals surface area contributed by atoms with Crippen LogP contribution in [0.4, 0.5) is 17.2 Å². The van der Waals surface area contributed by atoms with Gasteiger partial charge < -0.3 is 10.6 Å². The van der Waals surface area contributed by atoms with Crippen molar-refractivity contribution >= 4 is 34.0 Å². The summed E-state index contributed by atoms with van der Waals surface area (Å²) >= 11 is 0. The Hall–Kier alpha value is -2.95. The van der Waals surface area contributed by atoms with Crippen LogP contribution in [0.3, 0.4) is 0 Å². The summed E-state index contributed by atoms with van der Waals surface area (Å²) in [4.78, 5) is 20.4. The standard InChI is InChI=1S/C19H18N4O/c1-12-2-9-17-16(10-12)18(21-11-20-17)22-14-5-7-15(8-6-14)23-19(24)13-3-4-13/h2,5-11,13H,3-4H2,1H3,(H,23,24)(H,20,21,22). The van der Waals surface area contributed by atoms with Crippen molar-refractivity contribution in [1.82, 2.24) is 9.97 Å². The molecule has 24 heavy (non-hydrogen) atoms. The number of fused-ring (bicyclic) bond motifs is 1. The normalized spacial score (nSPS) is 13.7. The van der Waals surface area contributed by atoms with E-state index in [1.807, 2.05) is 43.3 Å². The van der Waals surface area contributed by atoms with Crippen molar-refractivity contribution in [1.29, 1.82) is 0 Å². The minimum absolute atomic E-state index is 0.118. The van der Waals surface area contributed by atoms with Crippen molar-refractivity contribution in [2.24, 2.45) is 5.92 Å². The second-order valence-corrected chi connectivity index (χ2v) is 6.21. The summed E-state index contributed by atoms with van der Waals surface area (Å²) in [7, 11) is 0. The van der Waals surface area contributed by atoms with E-state index in [1.54, 1.807) is 6.33 Å². The van der Waals surface area contributed by atoms with Gasteiger partial charge in [0.15, 0.2) is 0 Å². The zero-order chi connectivity index (χ0) is 16.5. The van der Waals surface area contributed by atoms with Gasteiger partial charge in [0.2, 0.25) is 5.91 Å². The van der Waals surface area contributed by atoms with Crippen molar-refractivity contribution in [3.8, 4) is 0 Å². The first kappa shape index (κ1) is 14.6. The van der Waals surface area contributed by atoms with Crippen LogP contribution in [-0.4, -0.2) is 15.9 Å². The molecule has 5 heteroatoms. The molecule has 4 rings (SSSR count). The van der Waals surface area contributed by atoms with E-state index in [-0.39, 0.29) is 11.8 Å². The molecule has 1 amide bonds. The molecule has 0 spiro atoms. The number of aryl methyl sites for hydroxylation is 1. The van der Waals surface area contributed by atoms with Gasteiger partial charge >= 0.3 is 0 Å². The van der Waals surface area contributed by atoms with Gasteiger partial charge in [-0.2, -0.15) is 0 Å². The lowest BCUT2D eigenvalue weighted by atomic mass is 10.1. The van der Waals surface area contributed by atoms with E-state index in [9.17, 15) is 4.79 Å². The average Bonchev–Trinajstić information content (AvgIpc) is 3.42. The molecule has 5 nitrogen and oxygen atoms in total. The van der Waals surface area contributed by atoms with Crippen LogP contribution in [0, 0.1) is 12.8 Å². The van der Waals surface area contributed by atoms with Gasteiger partial charge in [0.1, 0.15) is 12.1 Å². The quantitative estimate of drug-likeness (QED) is 0.762. The fourth-order valence-corrected chi connectivity index (χ4v) is 2.63. The number of carbonyl (C=O) groups excluding carboxylic acids is 1. The number of amides is 1. The van der Waals surface area contributed by atoms with E-state index in [4.69, 9.17) is 0 Å². The number of hydrogen-bond donors (Lipinski definition) is 2. The van der Waals surface area contributed by atoms with E-state index in [0.717, 1.165) is 40.9 Å². The Morgan fingerprint density at radius 2 is 1.79 bits per heavy atom. The molecule has 1 heterocycles. The van der Waals surface area contributed by atoms with Crippen LogP contribution in [0.15, 0.2) is 48.8 Å². The summed E-state index contributed by atoms with van der Waals surface area (Å²) in [6.45, 7) is 2.05. The maximum atomic E-state index is 11.8. The maximum absolute atomic E-state index is 11.8. The van der Waals surface area contributed by atoms with Crippen molar-refractivity contribution in [2.75, 3.05) is 10.6 Å². The first-order valence-corrected chi connectivity index (χ1v) is 8.08. The molecule has 0 bridgehead atoms. The van der Waals surface area contributed by atoms with Crippen LogP contribution in [0.1, 0.15) is 18.4 Å². The molecule has 1 fully saturated rings. The van der Waals surface area contributed by atoms with Gasteiger partial charge in [0.05, 0.1) is 5.52 Å². The highest BCUT2D eigenvalue weighted by atomic mass is 16.2. The van der Waals surface area contributed by atoms with Crippen LogP contribution >= 0.6 is 0 Å². The summed E-state index contributed by atoms with van der Waals surface area (Å²) in [5.41, 5.74) is 3.81. The lowest BCUT2D eigenvalue weighted by Gasteiger charge is -2.10. The largest absolute Gasteiger partial charge is 0.340 e. The van der Waals surface area contributed by atoms with Gasteiger partial charge in [-0.1, -0.05) is 11.6 Å². The minimum Gasteiger partial charge on any atom is -0.340 e. The van der Waals surface area contributed by atoms with E-state index < -0.39 is 0 Å². The third kappa shape index (κ3) is 3.06. The first-order valence-electron chi connectivity index (χ1n) is 8.08. The van der Waals surface area contributed by atoms with E-state index >= 15 is 0 Å². The summed E-state index contributed by atoms with van der Waals surface area (Å²) in [5, 5.41) is 7.26. The predicted octanol–water partition coefficient (Wildman–Crippen LogP) is 4.03. The van der Waals surface area contributed by atoms with Crippen LogP contribution in [0.2, 0.25) is 0 Å². The molecular formula is C19H18N4O. The van der Waals surface area contributed by atoms with Gasteiger partial charge in [0, 0.05) is 22.7 Å². The Kier molecular flexibility index (Phi) is 3.61. The summed E-state index contributed by atoms with van der Waals surface area (Å²) < 4.78 is 0. The predicted molar refractivity (Wildman–Crippen MR) is 95.4 cm³/mol. The Balaban J connectivity index is 1.55. The van der Waals surface area contributed by atoms with Crippen LogP contribution < -0.4 is 10.6 Å². The van der Waals surface area contributed by atoms with Gasteiger partial charge in [-0.05, 0) is 56.2 Å². The van der Waals surface area contributed by atoms with Gasteiger partial charge in [-0.25, -0.2) is 9.97 Å². The molecule has 1 aliphatic carbocycles. The molecule has 1 aromatic heterocycles. The molecule has 2 aromatic carbocycles. The van der Waals surface area contributed by atoms with Crippen LogP contribution in [0.25, 0.3) is 10.9 Å². The second-order valence-electron chi connectivity index (χ2n) is 6.21. The van der Waals surface area contributed by atoms with E-state index in [0.29, 0.717) is 0 Å². The Labute approximate surface area is 140 Å². The first-order chi connectivity index (χ1) is 11.7. The number of nitrogens with zero attached hydrogens (tertiary/aromatic N) is 2. The molecule has 0 aliphatic heterocycles. The van der Waals surface area contributed by atoms with Crippen molar-refractivity contribution < 1.29 is 4.79 Å². The number of anilines is 3. The smallest absolute Gasteiger partial charge is 0.227 e. The fraction of sp³-hybridized carbons (Fsp3) is 0.211. The highest BCUT2D eigenvalue weighted by Gasteiger charge is 2.29. The van der Waals surface area contributed by atoms with Crippen molar-refractivity contribution in [2.45, 2.75) is 19.8 Å². The molecular weight excluding hydrogens is 300 g/mol. The average molecular weight is 318 g/mol. The van der Waals surface area contributed by atoms with E-state index in [1.165, 1.54) is 5.56 Å². The Bertz CT molecular complexity index is 901. The van der Waals surface area contributed by atoms with Crippen LogP contribution in [-0.2, 0) is 4.79 Å². The van der Waals surface area contributed by atoms with E-state index in [2.05, 4.69) is 26.7 Å². The summed E-state index contributed by atoms with van der Waals surface area (Å²) in [5.74, 6) is 1.10. The summed E-state index contributed by atoms with van der Waals surface area (Å²) in [6.07, 6.45) is 3.57. The number of nitrogens with one attached hydrogen (secondary N) is 2. The molecule has 0 radical (unpaired) electrons. The number of benzene rings is 2. The molecule has 120 valence electrons. The summed E-state index contributed by atoms with van der Waals surface area (Å²) in [6, 6.07) is 13.8. The highest BCUT2D eigenvalue weighted by Crippen LogP contribution is 2.30. The molecule has 2 N–H and O–H groups in total. The van der Waals surface area contributed by atoms with Gasteiger partial charge in [0.25, 0.3) is 0 Å². The molecule has 1 aliphatic rings. The number of carbonyl (C=O) groups is 1. The van der Waals surface area contributed by atoms with Crippen molar-refractivity contribution in [3.05, 3.63) is 54.4 Å².